The van der Waals surface area contributed by atoms with E-state index in [0.717, 1.165) is 16.7 Å². The average Bonchev–Trinajstić information content (AvgIpc) is 2.90. The third-order valence-corrected chi connectivity index (χ3v) is 6.05. The fourth-order valence-electron chi connectivity index (χ4n) is 4.26. The summed E-state index contributed by atoms with van der Waals surface area (Å²) in [4.78, 5) is 3.07. The van der Waals surface area contributed by atoms with Crippen LogP contribution in [-0.2, 0) is 38.8 Å². The van der Waals surface area contributed by atoms with Gasteiger partial charge in [-0.05, 0) is 29.1 Å². The lowest BCUT2D eigenvalue weighted by Gasteiger charge is -2.44. The number of hydrogen-bond acceptors (Lipinski definition) is 5. The van der Waals surface area contributed by atoms with Crippen LogP contribution < -0.4 is 0 Å². The summed E-state index contributed by atoms with van der Waals surface area (Å²) in [6.45, 7) is 3.45. The molecule has 7 nitrogen and oxygen atoms in total. The summed E-state index contributed by atoms with van der Waals surface area (Å²) >= 11 is 0. The summed E-state index contributed by atoms with van der Waals surface area (Å²) in [7, 11) is 0. The average molecular weight is 474 g/mol. The Balaban J connectivity index is 1.52. The smallest absolute Gasteiger partial charge is 0.113 e. The first-order valence-electron chi connectivity index (χ1n) is 11.9. The van der Waals surface area contributed by atoms with E-state index in [4.69, 9.17) is 18.9 Å². The molecule has 0 aromatic heterocycles. The predicted molar refractivity (Wildman–Crippen MR) is 133 cm³/mol. The maximum absolute atomic E-state index is 9.25. The molecule has 1 aliphatic heterocycles. The molecule has 0 N–H and O–H groups in total. The minimum atomic E-state index is -0.533. The molecule has 7 heteroatoms. The highest BCUT2D eigenvalue weighted by molar-refractivity contribution is 5.15. The van der Waals surface area contributed by atoms with Crippen LogP contribution in [-0.4, -0.2) is 37.1 Å². The number of hydrogen-bond donors (Lipinski definition) is 0. The van der Waals surface area contributed by atoms with Crippen LogP contribution in [0.1, 0.15) is 23.6 Å². The summed E-state index contributed by atoms with van der Waals surface area (Å²) in [5.41, 5.74) is 12.4. The van der Waals surface area contributed by atoms with Gasteiger partial charge in [0.25, 0.3) is 0 Å². The van der Waals surface area contributed by atoms with Gasteiger partial charge in [-0.25, -0.2) is 0 Å². The van der Waals surface area contributed by atoms with Crippen LogP contribution in [0.3, 0.4) is 0 Å². The summed E-state index contributed by atoms with van der Waals surface area (Å²) < 4.78 is 25.1. The van der Waals surface area contributed by atoms with Gasteiger partial charge in [0, 0.05) is 4.91 Å². The number of ether oxygens (including phenoxy) is 4. The first-order chi connectivity index (χ1) is 17.2. The molecule has 0 spiro atoms. The molecule has 1 heterocycles. The lowest BCUT2D eigenvalue weighted by Crippen LogP contribution is -2.59. The van der Waals surface area contributed by atoms with Crippen LogP contribution in [0.5, 0.6) is 0 Å². The van der Waals surface area contributed by atoms with E-state index in [9.17, 15) is 5.53 Å². The Morgan fingerprint density at radius 3 is 1.74 bits per heavy atom. The normalized spacial score (nSPS) is 24.0. The molecule has 3 aromatic rings. The van der Waals surface area contributed by atoms with E-state index in [1.807, 2.05) is 97.9 Å². The monoisotopic (exact) mass is 473 g/mol. The Labute approximate surface area is 206 Å². The van der Waals surface area contributed by atoms with Crippen LogP contribution in [0, 0.1) is 0 Å². The van der Waals surface area contributed by atoms with Gasteiger partial charge in [0.2, 0.25) is 0 Å². The molecule has 0 saturated carbocycles. The SMILES string of the molecule is C[C@@H]1O[C@H](COCc2ccccc2)[C@H](OCc2ccccc2)[C@H](OCc2ccccc2)[C@H]1N=[N+]=[N-]. The Kier molecular flexibility index (Phi) is 9.29. The van der Waals surface area contributed by atoms with E-state index in [1.165, 1.54) is 0 Å². The van der Waals surface area contributed by atoms with Crippen molar-refractivity contribution < 1.29 is 18.9 Å². The van der Waals surface area contributed by atoms with Crippen LogP contribution in [0.15, 0.2) is 96.1 Å². The van der Waals surface area contributed by atoms with Crippen LogP contribution in [0.2, 0.25) is 0 Å². The van der Waals surface area contributed by atoms with Gasteiger partial charge in [-0.1, -0.05) is 96.1 Å². The molecule has 1 fully saturated rings. The number of benzene rings is 3. The van der Waals surface area contributed by atoms with Crippen molar-refractivity contribution in [3.8, 4) is 0 Å². The largest absolute Gasteiger partial charge is 0.374 e. The van der Waals surface area contributed by atoms with E-state index in [2.05, 4.69) is 10.0 Å². The second-order valence-corrected chi connectivity index (χ2v) is 8.60. The summed E-state index contributed by atoms with van der Waals surface area (Å²) in [6, 6.07) is 29.3. The molecule has 1 aliphatic rings. The number of rotatable bonds is 11. The van der Waals surface area contributed by atoms with Crippen molar-refractivity contribution >= 4 is 0 Å². The van der Waals surface area contributed by atoms with E-state index in [0.29, 0.717) is 26.4 Å². The number of nitrogens with zero attached hydrogens (tertiary/aromatic N) is 3. The van der Waals surface area contributed by atoms with Crippen LogP contribution in [0.25, 0.3) is 10.4 Å². The second-order valence-electron chi connectivity index (χ2n) is 8.60. The van der Waals surface area contributed by atoms with Gasteiger partial charge in [-0.15, -0.1) is 0 Å². The van der Waals surface area contributed by atoms with Gasteiger partial charge >= 0.3 is 0 Å². The minimum Gasteiger partial charge on any atom is -0.374 e. The van der Waals surface area contributed by atoms with Crippen molar-refractivity contribution in [3.05, 3.63) is 118 Å². The topological polar surface area (TPSA) is 85.7 Å². The molecule has 0 aliphatic carbocycles. The zero-order valence-electron chi connectivity index (χ0n) is 19.9. The quantitative estimate of drug-likeness (QED) is 0.199. The highest BCUT2D eigenvalue weighted by Crippen LogP contribution is 2.30. The molecule has 3 aromatic carbocycles. The Hall–Kier alpha value is -3.19. The highest BCUT2D eigenvalue weighted by atomic mass is 16.6. The van der Waals surface area contributed by atoms with Crippen molar-refractivity contribution in [1.82, 2.24) is 0 Å². The van der Waals surface area contributed by atoms with Crippen molar-refractivity contribution in [2.45, 2.75) is 57.2 Å². The number of azide groups is 1. The molecule has 5 atom stereocenters. The fraction of sp³-hybridized carbons (Fsp3) is 0.357. The molecule has 35 heavy (non-hydrogen) atoms. The van der Waals surface area contributed by atoms with Gasteiger partial charge in [0.05, 0.1) is 44.7 Å². The van der Waals surface area contributed by atoms with Gasteiger partial charge in [-0.3, -0.25) is 0 Å². The first-order valence-corrected chi connectivity index (χ1v) is 11.9. The minimum absolute atomic E-state index is 0.326. The van der Waals surface area contributed by atoms with Crippen molar-refractivity contribution in [2.75, 3.05) is 6.61 Å². The Bertz CT molecular complexity index is 1060. The molecular weight excluding hydrogens is 442 g/mol. The molecular formula is C28H31N3O4. The summed E-state index contributed by atoms with van der Waals surface area (Å²) in [6.07, 6.45) is -1.72. The lowest BCUT2D eigenvalue weighted by atomic mass is 9.93. The zero-order chi connectivity index (χ0) is 24.3. The van der Waals surface area contributed by atoms with Gasteiger partial charge in [0.1, 0.15) is 12.2 Å². The first kappa shape index (κ1) is 24.9. The zero-order valence-corrected chi connectivity index (χ0v) is 19.9. The molecule has 182 valence electrons. The summed E-state index contributed by atoms with van der Waals surface area (Å²) in [5.74, 6) is 0. The molecule has 0 amide bonds. The Morgan fingerprint density at radius 2 is 1.23 bits per heavy atom. The third-order valence-electron chi connectivity index (χ3n) is 6.05. The molecule has 0 radical (unpaired) electrons. The van der Waals surface area contributed by atoms with Gasteiger partial charge in [-0.2, -0.15) is 0 Å². The lowest BCUT2D eigenvalue weighted by molar-refractivity contribution is -0.224. The molecule has 1 saturated heterocycles. The maximum atomic E-state index is 9.25. The van der Waals surface area contributed by atoms with Crippen molar-refractivity contribution in [1.29, 1.82) is 0 Å². The van der Waals surface area contributed by atoms with E-state index < -0.39 is 18.2 Å². The van der Waals surface area contributed by atoms with Crippen LogP contribution in [0.4, 0.5) is 0 Å². The van der Waals surface area contributed by atoms with Crippen molar-refractivity contribution in [2.24, 2.45) is 5.11 Å². The standard InChI is InChI=1S/C28H31N3O4/c1-21-26(30-31-29)28(34-19-24-15-9-4-10-16-24)27(33-18-23-13-7-3-8-14-23)25(35-21)20-32-17-22-11-5-2-6-12-22/h2-16,21,25-28H,17-20H2,1H3/t21-,25+,26-,27-,28+/m0/s1. The van der Waals surface area contributed by atoms with E-state index in [1.54, 1.807) is 0 Å². The summed E-state index contributed by atoms with van der Waals surface area (Å²) in [5, 5.41) is 4.04. The van der Waals surface area contributed by atoms with Crippen LogP contribution >= 0.6 is 0 Å². The molecule has 0 bridgehead atoms. The molecule has 4 rings (SSSR count). The van der Waals surface area contributed by atoms with E-state index in [-0.39, 0.29) is 12.2 Å². The van der Waals surface area contributed by atoms with E-state index >= 15 is 0 Å². The maximum Gasteiger partial charge on any atom is 0.113 e. The van der Waals surface area contributed by atoms with Gasteiger partial charge in [0.15, 0.2) is 0 Å². The predicted octanol–water partition coefficient (Wildman–Crippen LogP) is 5.84. The van der Waals surface area contributed by atoms with Gasteiger partial charge < -0.3 is 18.9 Å². The molecule has 0 unspecified atom stereocenters. The Morgan fingerprint density at radius 1 is 0.743 bits per heavy atom. The third kappa shape index (κ3) is 7.15. The fourth-order valence-corrected chi connectivity index (χ4v) is 4.26. The van der Waals surface area contributed by atoms with Crippen molar-refractivity contribution in [3.63, 3.8) is 0 Å². The second kappa shape index (κ2) is 13.0. The highest BCUT2D eigenvalue weighted by Gasteiger charge is 2.45.